The van der Waals surface area contributed by atoms with Crippen molar-refractivity contribution in [1.82, 2.24) is 9.55 Å². The van der Waals surface area contributed by atoms with Crippen LogP contribution in [0.3, 0.4) is 0 Å². The van der Waals surface area contributed by atoms with Crippen LogP contribution >= 0.6 is 0 Å². The molecule has 1 heterocycles. The number of anilines is 1. The van der Waals surface area contributed by atoms with E-state index >= 15 is 0 Å². The Kier molecular flexibility index (Phi) is 2.56. The lowest BCUT2D eigenvalue weighted by Crippen LogP contribution is -2.00. The first-order valence-corrected chi connectivity index (χ1v) is 5.08. The van der Waals surface area contributed by atoms with Crippen molar-refractivity contribution in [3.8, 4) is 11.4 Å². The Morgan fingerprint density at radius 1 is 1.31 bits per heavy atom. The summed E-state index contributed by atoms with van der Waals surface area (Å²) in [5, 5.41) is 0. The first-order chi connectivity index (χ1) is 7.61. The lowest BCUT2D eigenvalue weighted by Gasteiger charge is -2.11. The average molecular weight is 217 g/mol. The Hall–Kier alpha value is -1.97. The van der Waals surface area contributed by atoms with Gasteiger partial charge in [0.1, 0.15) is 11.6 Å². The molecule has 0 unspecified atom stereocenters. The van der Waals surface area contributed by atoms with Gasteiger partial charge in [0.25, 0.3) is 0 Å². The fraction of sp³-hybridized carbons (Fsp3) is 0.250. The molecule has 0 spiro atoms. The molecule has 0 radical (unpaired) electrons. The van der Waals surface area contributed by atoms with E-state index in [0.717, 1.165) is 23.0 Å². The van der Waals surface area contributed by atoms with E-state index in [1.54, 1.807) is 7.11 Å². The Morgan fingerprint density at radius 2 is 2.06 bits per heavy atom. The molecule has 16 heavy (non-hydrogen) atoms. The van der Waals surface area contributed by atoms with Gasteiger partial charge in [-0.3, -0.25) is 0 Å². The Labute approximate surface area is 94.7 Å². The maximum atomic E-state index is 5.79. The summed E-state index contributed by atoms with van der Waals surface area (Å²) in [6, 6.07) is 5.56. The lowest BCUT2D eigenvalue weighted by molar-refractivity contribution is 0.412. The molecule has 0 aliphatic rings. The molecule has 0 fully saturated rings. The topological polar surface area (TPSA) is 53.1 Å². The minimum Gasteiger partial charge on any atom is -0.495 e. The number of aryl methyl sites for hydroxylation is 2. The zero-order chi connectivity index (χ0) is 11.7. The van der Waals surface area contributed by atoms with Crippen molar-refractivity contribution in [1.29, 1.82) is 0 Å². The third kappa shape index (κ3) is 1.74. The molecule has 0 amide bonds. The van der Waals surface area contributed by atoms with Crippen LogP contribution < -0.4 is 10.5 Å². The first-order valence-electron chi connectivity index (χ1n) is 5.08. The van der Waals surface area contributed by atoms with Crippen LogP contribution in [0.5, 0.6) is 5.75 Å². The second-order valence-corrected chi connectivity index (χ2v) is 3.73. The van der Waals surface area contributed by atoms with Gasteiger partial charge in [-0.05, 0) is 32.0 Å². The molecule has 2 rings (SSSR count). The summed E-state index contributed by atoms with van der Waals surface area (Å²) in [4.78, 5) is 4.36. The molecule has 2 aromatic rings. The molecule has 0 atom stereocenters. The normalized spacial score (nSPS) is 10.4. The van der Waals surface area contributed by atoms with Gasteiger partial charge < -0.3 is 15.0 Å². The molecule has 0 aliphatic heterocycles. The van der Waals surface area contributed by atoms with Gasteiger partial charge in [-0.2, -0.15) is 0 Å². The number of imidazole rings is 1. The largest absolute Gasteiger partial charge is 0.495 e. The minimum atomic E-state index is 0.710. The van der Waals surface area contributed by atoms with Gasteiger partial charge in [0.05, 0.1) is 18.5 Å². The second kappa shape index (κ2) is 3.89. The molecule has 0 saturated heterocycles. The highest BCUT2D eigenvalue weighted by molar-refractivity contribution is 5.56. The van der Waals surface area contributed by atoms with Crippen molar-refractivity contribution >= 4 is 5.69 Å². The van der Waals surface area contributed by atoms with E-state index in [1.165, 1.54) is 0 Å². The highest BCUT2D eigenvalue weighted by atomic mass is 16.5. The van der Waals surface area contributed by atoms with E-state index in [4.69, 9.17) is 10.5 Å². The summed E-state index contributed by atoms with van der Waals surface area (Å²) in [5.41, 5.74) is 8.39. The van der Waals surface area contributed by atoms with Gasteiger partial charge in [-0.1, -0.05) is 0 Å². The molecule has 4 heteroatoms. The van der Waals surface area contributed by atoms with E-state index in [2.05, 4.69) is 4.98 Å². The summed E-state index contributed by atoms with van der Waals surface area (Å²) in [5.74, 6) is 1.70. The molecular formula is C12H15N3O. The third-order valence-electron chi connectivity index (χ3n) is 2.47. The zero-order valence-electron chi connectivity index (χ0n) is 9.69. The highest BCUT2D eigenvalue weighted by Crippen LogP contribution is 2.26. The number of rotatable bonds is 2. The maximum Gasteiger partial charge on any atom is 0.143 e. The van der Waals surface area contributed by atoms with Gasteiger partial charge in [0.15, 0.2) is 0 Å². The predicted octanol–water partition coefficient (Wildman–Crippen LogP) is 2.08. The van der Waals surface area contributed by atoms with Crippen molar-refractivity contribution in [3.05, 3.63) is 35.9 Å². The quantitative estimate of drug-likeness (QED) is 0.783. The van der Waals surface area contributed by atoms with Crippen LogP contribution in [0.25, 0.3) is 5.69 Å². The van der Waals surface area contributed by atoms with Crippen molar-refractivity contribution in [2.24, 2.45) is 0 Å². The number of hydrogen-bond donors (Lipinski definition) is 1. The molecule has 0 aliphatic carbocycles. The third-order valence-corrected chi connectivity index (χ3v) is 2.47. The summed E-state index contributed by atoms with van der Waals surface area (Å²) in [6.45, 7) is 3.91. The SMILES string of the molecule is COc1ccc(N)cc1-n1cc(C)nc1C. The molecule has 1 aromatic heterocycles. The smallest absolute Gasteiger partial charge is 0.143 e. The molecular weight excluding hydrogens is 202 g/mol. The van der Waals surface area contributed by atoms with E-state index in [1.807, 2.05) is 42.8 Å². The lowest BCUT2D eigenvalue weighted by atomic mass is 10.2. The number of methoxy groups -OCH3 is 1. The summed E-state index contributed by atoms with van der Waals surface area (Å²) >= 11 is 0. The summed E-state index contributed by atoms with van der Waals surface area (Å²) in [7, 11) is 1.65. The zero-order valence-corrected chi connectivity index (χ0v) is 9.69. The Morgan fingerprint density at radius 3 is 2.62 bits per heavy atom. The minimum absolute atomic E-state index is 0.710. The number of ether oxygens (including phenoxy) is 1. The number of benzene rings is 1. The highest BCUT2D eigenvalue weighted by Gasteiger charge is 2.09. The van der Waals surface area contributed by atoms with E-state index in [0.29, 0.717) is 5.69 Å². The van der Waals surface area contributed by atoms with Gasteiger partial charge in [-0.25, -0.2) is 4.98 Å². The van der Waals surface area contributed by atoms with Crippen molar-refractivity contribution in [3.63, 3.8) is 0 Å². The van der Waals surface area contributed by atoms with E-state index in [9.17, 15) is 0 Å². The van der Waals surface area contributed by atoms with Crippen LogP contribution in [0.15, 0.2) is 24.4 Å². The van der Waals surface area contributed by atoms with Crippen molar-refractivity contribution in [2.75, 3.05) is 12.8 Å². The number of aromatic nitrogens is 2. The molecule has 0 bridgehead atoms. The fourth-order valence-corrected chi connectivity index (χ4v) is 1.76. The van der Waals surface area contributed by atoms with Gasteiger partial charge in [0.2, 0.25) is 0 Å². The van der Waals surface area contributed by atoms with Crippen LogP contribution in [0, 0.1) is 13.8 Å². The van der Waals surface area contributed by atoms with Crippen molar-refractivity contribution in [2.45, 2.75) is 13.8 Å². The van der Waals surface area contributed by atoms with Crippen LogP contribution in [0.1, 0.15) is 11.5 Å². The second-order valence-electron chi connectivity index (χ2n) is 3.73. The summed E-state index contributed by atoms with van der Waals surface area (Å²) in [6.07, 6.45) is 1.96. The molecule has 2 N–H and O–H groups in total. The maximum absolute atomic E-state index is 5.79. The standard InChI is InChI=1S/C12H15N3O/c1-8-7-15(9(2)14-8)11-6-10(13)4-5-12(11)16-3/h4-7H,13H2,1-3H3. The van der Waals surface area contributed by atoms with Crippen LogP contribution in [-0.4, -0.2) is 16.7 Å². The molecule has 0 saturated carbocycles. The van der Waals surface area contributed by atoms with E-state index < -0.39 is 0 Å². The average Bonchev–Trinajstić information content (AvgIpc) is 2.57. The van der Waals surface area contributed by atoms with Crippen LogP contribution in [0.4, 0.5) is 5.69 Å². The fourth-order valence-electron chi connectivity index (χ4n) is 1.76. The predicted molar refractivity (Wildman–Crippen MR) is 64.0 cm³/mol. The molecule has 1 aromatic carbocycles. The number of nitrogens with two attached hydrogens (primary N) is 1. The monoisotopic (exact) mass is 217 g/mol. The van der Waals surface area contributed by atoms with Crippen LogP contribution in [0.2, 0.25) is 0 Å². The van der Waals surface area contributed by atoms with Gasteiger partial charge in [-0.15, -0.1) is 0 Å². The number of hydrogen-bond acceptors (Lipinski definition) is 3. The molecule has 4 nitrogen and oxygen atoms in total. The van der Waals surface area contributed by atoms with Gasteiger partial charge >= 0.3 is 0 Å². The Bertz CT molecular complexity index is 517. The van der Waals surface area contributed by atoms with Gasteiger partial charge in [0, 0.05) is 11.9 Å². The number of nitrogen functional groups attached to an aromatic ring is 1. The van der Waals surface area contributed by atoms with Crippen molar-refractivity contribution < 1.29 is 4.74 Å². The summed E-state index contributed by atoms with van der Waals surface area (Å²) < 4.78 is 7.29. The first kappa shape index (κ1) is 10.5. The van der Waals surface area contributed by atoms with E-state index in [-0.39, 0.29) is 0 Å². The molecule has 84 valence electrons. The number of nitrogens with zero attached hydrogens (tertiary/aromatic N) is 2. The Balaban J connectivity index is 2.62. The van der Waals surface area contributed by atoms with Crippen LogP contribution in [-0.2, 0) is 0 Å².